The smallest absolute Gasteiger partial charge is 0.246 e. The number of nitrogens with one attached hydrogen (secondary N) is 4. The van der Waals surface area contributed by atoms with E-state index in [9.17, 15) is 28.8 Å². The highest BCUT2D eigenvalue weighted by Crippen LogP contribution is 2.13. The number of aldehydes is 1. The second-order valence-corrected chi connectivity index (χ2v) is 14.1. The van der Waals surface area contributed by atoms with Gasteiger partial charge in [-0.2, -0.15) is 0 Å². The zero-order valence-electron chi connectivity index (χ0n) is 36.7. The standard InChI is InChI=1S/C42H70N6O13/c1-34(2)40(42(54)45-37(8-6-15-43-3)41(53)44-36-12-10-35(11-13-36)32-61-20-16-47(4)33-50)46-38(51)14-19-55-22-24-57-26-28-59-30-31-60-29-27-58-25-23-56-21-17-48(5)39(52)9-7-18-49/h7,9-13,18,33-34,37,40,43H,6,8,14-17,19-32H2,1-5H3,(H,44,53)(H,45,54)(H,46,51)/b9-7-. The second kappa shape index (κ2) is 36.3. The van der Waals surface area contributed by atoms with E-state index in [0.717, 1.165) is 18.0 Å². The third-order valence-electron chi connectivity index (χ3n) is 8.67. The van der Waals surface area contributed by atoms with Crippen molar-refractivity contribution in [1.29, 1.82) is 0 Å². The van der Waals surface area contributed by atoms with Gasteiger partial charge in [0.1, 0.15) is 18.4 Å². The third kappa shape index (κ3) is 28.8. The van der Waals surface area contributed by atoms with Crippen LogP contribution in [0.3, 0.4) is 0 Å². The van der Waals surface area contributed by atoms with Crippen LogP contribution in [-0.2, 0) is 68.5 Å². The van der Waals surface area contributed by atoms with E-state index >= 15 is 0 Å². The molecule has 2 atom stereocenters. The van der Waals surface area contributed by atoms with E-state index in [2.05, 4.69) is 21.3 Å². The number of hydrogen-bond acceptors (Lipinski definition) is 14. The van der Waals surface area contributed by atoms with Crippen LogP contribution in [0, 0.1) is 5.92 Å². The van der Waals surface area contributed by atoms with Crippen molar-refractivity contribution in [3.05, 3.63) is 42.0 Å². The first kappa shape index (κ1) is 54.7. The lowest BCUT2D eigenvalue weighted by molar-refractivity contribution is -0.132. The highest BCUT2D eigenvalue weighted by molar-refractivity contribution is 5.98. The topological polar surface area (TPSA) is 222 Å². The van der Waals surface area contributed by atoms with Crippen LogP contribution < -0.4 is 21.3 Å². The van der Waals surface area contributed by atoms with Gasteiger partial charge in [0.2, 0.25) is 30.0 Å². The van der Waals surface area contributed by atoms with Gasteiger partial charge in [-0.05, 0) is 56.1 Å². The quantitative estimate of drug-likeness (QED) is 0.0404. The lowest BCUT2D eigenvalue weighted by Gasteiger charge is -2.25. The van der Waals surface area contributed by atoms with E-state index in [0.29, 0.717) is 124 Å². The van der Waals surface area contributed by atoms with E-state index < -0.39 is 18.0 Å². The molecule has 0 radical (unpaired) electrons. The van der Waals surface area contributed by atoms with Gasteiger partial charge in [-0.1, -0.05) is 26.0 Å². The average Bonchev–Trinajstić information content (AvgIpc) is 3.25. The molecule has 5 amide bonds. The average molecular weight is 867 g/mol. The number of likely N-dealkylation sites (N-methyl/N-ethyl adjacent to an activating group) is 2. The summed E-state index contributed by atoms with van der Waals surface area (Å²) in [5, 5.41) is 11.6. The van der Waals surface area contributed by atoms with Crippen LogP contribution in [0.5, 0.6) is 0 Å². The van der Waals surface area contributed by atoms with Crippen LogP contribution in [0.2, 0.25) is 0 Å². The zero-order valence-corrected chi connectivity index (χ0v) is 36.7. The minimum atomic E-state index is -0.853. The summed E-state index contributed by atoms with van der Waals surface area (Å²) in [5.41, 5.74) is 1.47. The molecule has 0 saturated heterocycles. The molecule has 19 heteroatoms. The van der Waals surface area contributed by atoms with Crippen LogP contribution >= 0.6 is 0 Å². The molecule has 1 rings (SSSR count). The van der Waals surface area contributed by atoms with Crippen molar-refractivity contribution < 1.29 is 61.9 Å². The molecule has 1 aromatic rings. The summed E-state index contributed by atoms with van der Waals surface area (Å²) in [7, 11) is 5.12. The van der Waals surface area contributed by atoms with Crippen LogP contribution in [0.25, 0.3) is 0 Å². The first-order valence-electron chi connectivity index (χ1n) is 20.7. The molecule has 0 aromatic heterocycles. The normalized spacial score (nSPS) is 12.2. The Hall–Kier alpha value is -4.34. The van der Waals surface area contributed by atoms with E-state index in [1.807, 2.05) is 33.0 Å². The molecule has 346 valence electrons. The summed E-state index contributed by atoms with van der Waals surface area (Å²) in [6.45, 7) is 10.2. The van der Waals surface area contributed by atoms with Gasteiger partial charge in [-0.25, -0.2) is 0 Å². The van der Waals surface area contributed by atoms with E-state index in [4.69, 9.17) is 33.2 Å². The minimum Gasteiger partial charge on any atom is -0.379 e. The fourth-order valence-corrected chi connectivity index (χ4v) is 5.09. The van der Waals surface area contributed by atoms with Crippen LogP contribution in [0.1, 0.15) is 38.7 Å². The minimum absolute atomic E-state index is 0.0471. The molecule has 0 heterocycles. The Morgan fingerprint density at radius 1 is 0.689 bits per heavy atom. The molecule has 19 nitrogen and oxygen atoms in total. The van der Waals surface area contributed by atoms with Crippen LogP contribution in [0.15, 0.2) is 36.4 Å². The number of carbonyl (C=O) groups is 6. The van der Waals surface area contributed by atoms with Crippen molar-refractivity contribution in [3.8, 4) is 0 Å². The molecule has 0 aliphatic heterocycles. The second-order valence-electron chi connectivity index (χ2n) is 14.1. The van der Waals surface area contributed by atoms with Gasteiger partial charge in [-0.15, -0.1) is 0 Å². The molecule has 0 aliphatic rings. The highest BCUT2D eigenvalue weighted by atomic mass is 16.6. The van der Waals surface area contributed by atoms with E-state index in [-0.39, 0.29) is 43.3 Å². The predicted octanol–water partition coefficient (Wildman–Crippen LogP) is 0.558. The molecule has 1 aromatic carbocycles. The summed E-state index contributed by atoms with van der Waals surface area (Å²) in [6.07, 6.45) is 4.72. The van der Waals surface area contributed by atoms with Gasteiger partial charge >= 0.3 is 0 Å². The Bertz CT molecular complexity index is 1390. The van der Waals surface area contributed by atoms with Gasteiger partial charge < -0.3 is 64.2 Å². The largest absolute Gasteiger partial charge is 0.379 e. The molecule has 2 unspecified atom stereocenters. The molecule has 0 aliphatic carbocycles. The third-order valence-corrected chi connectivity index (χ3v) is 8.67. The summed E-state index contributed by atoms with van der Waals surface area (Å²) in [5.74, 6) is -1.67. The van der Waals surface area contributed by atoms with E-state index in [1.165, 1.54) is 15.9 Å². The van der Waals surface area contributed by atoms with Crippen LogP contribution in [-0.4, -0.2) is 185 Å². The molecular formula is C42H70N6O13. The van der Waals surface area contributed by atoms with E-state index in [1.54, 1.807) is 26.2 Å². The van der Waals surface area contributed by atoms with Gasteiger partial charge in [0, 0.05) is 45.4 Å². The van der Waals surface area contributed by atoms with Crippen molar-refractivity contribution in [2.75, 3.05) is 132 Å². The molecule has 0 bridgehead atoms. The SMILES string of the molecule is CNCCCC(NC(=O)C(NC(=O)CCOCCOCCOCCOCCOCCOCCN(C)C(=O)/C=C\C=O)C(C)C)C(=O)Nc1ccc(COCCN(C)C=O)cc1. The van der Waals surface area contributed by atoms with Crippen LogP contribution in [0.4, 0.5) is 5.69 Å². The van der Waals surface area contributed by atoms with Crippen molar-refractivity contribution in [1.82, 2.24) is 25.8 Å². The molecule has 0 fully saturated rings. The maximum atomic E-state index is 13.4. The number of carbonyl (C=O) groups excluding carboxylic acids is 6. The van der Waals surface area contributed by atoms with Crippen molar-refractivity contribution >= 4 is 42.0 Å². The fraction of sp³-hybridized carbons (Fsp3) is 0.667. The number of allylic oxidation sites excluding steroid dienone is 1. The lowest BCUT2D eigenvalue weighted by Crippen LogP contribution is -2.54. The zero-order chi connectivity index (χ0) is 44.9. The number of ether oxygens (including phenoxy) is 7. The predicted molar refractivity (Wildman–Crippen MR) is 228 cm³/mol. The maximum Gasteiger partial charge on any atom is 0.246 e. The Kier molecular flexibility index (Phi) is 32.6. The van der Waals surface area contributed by atoms with Gasteiger partial charge in [-0.3, -0.25) is 28.8 Å². The van der Waals surface area contributed by atoms with Gasteiger partial charge in [0.25, 0.3) is 0 Å². The highest BCUT2D eigenvalue weighted by Gasteiger charge is 2.28. The van der Waals surface area contributed by atoms with Gasteiger partial charge in [0.05, 0.1) is 92.5 Å². The number of anilines is 1. The summed E-state index contributed by atoms with van der Waals surface area (Å²) < 4.78 is 38.5. The summed E-state index contributed by atoms with van der Waals surface area (Å²) >= 11 is 0. The fourth-order valence-electron chi connectivity index (χ4n) is 5.09. The Labute approximate surface area is 360 Å². The number of hydrogen-bond donors (Lipinski definition) is 4. The molecule has 4 N–H and O–H groups in total. The van der Waals surface area contributed by atoms with Gasteiger partial charge in [0.15, 0.2) is 0 Å². The van der Waals surface area contributed by atoms with Crippen molar-refractivity contribution in [2.45, 2.75) is 51.8 Å². The first-order valence-corrected chi connectivity index (χ1v) is 20.7. The number of nitrogens with zero attached hydrogens (tertiary/aromatic N) is 2. The molecule has 61 heavy (non-hydrogen) atoms. The van der Waals surface area contributed by atoms with Crippen molar-refractivity contribution in [2.24, 2.45) is 5.92 Å². The molecule has 0 saturated carbocycles. The molecular weight excluding hydrogens is 796 g/mol. The number of benzene rings is 1. The number of rotatable bonds is 39. The van der Waals surface area contributed by atoms with Crippen molar-refractivity contribution in [3.63, 3.8) is 0 Å². The first-order chi connectivity index (χ1) is 29.5. The summed E-state index contributed by atoms with van der Waals surface area (Å²) in [6, 6.07) is 5.51. The molecule has 0 spiro atoms. The number of amides is 5. The monoisotopic (exact) mass is 867 g/mol. The maximum absolute atomic E-state index is 13.4. The summed E-state index contributed by atoms with van der Waals surface area (Å²) in [4.78, 5) is 75.1. The Morgan fingerprint density at radius 2 is 1.23 bits per heavy atom. The Morgan fingerprint density at radius 3 is 1.75 bits per heavy atom. The lowest BCUT2D eigenvalue weighted by atomic mass is 10.0. The Balaban J connectivity index is 2.22.